The summed E-state index contributed by atoms with van der Waals surface area (Å²) in [6, 6.07) is 11.5. The normalized spacial score (nSPS) is 22.8. The first-order chi connectivity index (χ1) is 14.3. The molecular formula is C24H31N3O3. The molecule has 3 atom stereocenters. The van der Waals surface area contributed by atoms with Gasteiger partial charge in [-0.05, 0) is 49.1 Å². The van der Waals surface area contributed by atoms with Crippen molar-refractivity contribution in [2.75, 3.05) is 11.9 Å². The molecule has 1 aromatic carbocycles. The molecule has 2 aromatic rings. The minimum atomic E-state index is -0.353. The van der Waals surface area contributed by atoms with Crippen LogP contribution < -0.4 is 5.32 Å². The molecule has 1 heterocycles. The van der Waals surface area contributed by atoms with Crippen LogP contribution in [0.2, 0.25) is 0 Å². The fourth-order valence-electron chi connectivity index (χ4n) is 4.83. The third-order valence-electron chi connectivity index (χ3n) is 6.42. The highest BCUT2D eigenvalue weighted by molar-refractivity contribution is 5.92. The first kappa shape index (κ1) is 20.6. The van der Waals surface area contributed by atoms with Crippen LogP contribution in [-0.2, 0) is 19.7 Å². The summed E-state index contributed by atoms with van der Waals surface area (Å²) in [6.07, 6.45) is 5.38. The predicted octanol–water partition coefficient (Wildman–Crippen LogP) is 4.48. The van der Waals surface area contributed by atoms with E-state index in [0.717, 1.165) is 23.7 Å². The maximum Gasteiger partial charge on any atom is 0.306 e. The second kappa shape index (κ2) is 8.25. The maximum absolute atomic E-state index is 12.5. The van der Waals surface area contributed by atoms with Gasteiger partial charge in [0.1, 0.15) is 5.82 Å². The van der Waals surface area contributed by atoms with Gasteiger partial charge in [0.05, 0.1) is 11.4 Å². The summed E-state index contributed by atoms with van der Waals surface area (Å²) in [6.45, 7) is 5.96. The first-order valence-corrected chi connectivity index (χ1v) is 10.9. The number of para-hydroxylation sites is 1. The topological polar surface area (TPSA) is 73.2 Å². The number of nitrogens with zero attached hydrogens (tertiary/aromatic N) is 2. The predicted molar refractivity (Wildman–Crippen MR) is 115 cm³/mol. The molecule has 6 heteroatoms. The van der Waals surface area contributed by atoms with Gasteiger partial charge in [-0.1, -0.05) is 45.4 Å². The number of fused-ring (bicyclic) bond motifs is 2. The van der Waals surface area contributed by atoms with E-state index in [1.165, 1.54) is 19.3 Å². The molecule has 30 heavy (non-hydrogen) atoms. The number of aromatic nitrogens is 2. The third-order valence-corrected chi connectivity index (χ3v) is 6.42. The van der Waals surface area contributed by atoms with Gasteiger partial charge in [-0.2, -0.15) is 5.10 Å². The Kier molecular flexibility index (Phi) is 5.67. The van der Waals surface area contributed by atoms with E-state index in [1.54, 1.807) is 4.68 Å². The molecule has 2 saturated carbocycles. The molecule has 4 rings (SSSR count). The van der Waals surface area contributed by atoms with Crippen molar-refractivity contribution in [1.29, 1.82) is 0 Å². The summed E-state index contributed by atoms with van der Waals surface area (Å²) in [7, 11) is 0. The van der Waals surface area contributed by atoms with E-state index in [4.69, 9.17) is 4.74 Å². The Morgan fingerprint density at radius 1 is 1.17 bits per heavy atom. The molecule has 2 aliphatic rings. The fourth-order valence-corrected chi connectivity index (χ4v) is 4.83. The SMILES string of the molecule is CC(C)(C)c1cc(NC(=O)COC(=O)C[C@@H]2C[C@@H]3CC[C@@H]2C3)n(-c2ccccc2)n1. The van der Waals surface area contributed by atoms with Crippen LogP contribution in [0.25, 0.3) is 5.69 Å². The van der Waals surface area contributed by atoms with Gasteiger partial charge in [-0.3, -0.25) is 9.59 Å². The van der Waals surface area contributed by atoms with Crippen LogP contribution in [0.1, 0.15) is 58.6 Å². The van der Waals surface area contributed by atoms with Crippen molar-refractivity contribution >= 4 is 17.7 Å². The number of rotatable bonds is 6. The van der Waals surface area contributed by atoms with Crippen molar-refractivity contribution < 1.29 is 14.3 Å². The molecule has 0 spiro atoms. The number of nitrogens with one attached hydrogen (secondary N) is 1. The van der Waals surface area contributed by atoms with Gasteiger partial charge in [-0.15, -0.1) is 0 Å². The van der Waals surface area contributed by atoms with Crippen LogP contribution >= 0.6 is 0 Å². The average molecular weight is 410 g/mol. The highest BCUT2D eigenvalue weighted by atomic mass is 16.5. The van der Waals surface area contributed by atoms with Gasteiger partial charge in [0, 0.05) is 17.9 Å². The summed E-state index contributed by atoms with van der Waals surface area (Å²) in [5.74, 6) is 1.86. The van der Waals surface area contributed by atoms with Crippen LogP contribution in [0.5, 0.6) is 0 Å². The van der Waals surface area contributed by atoms with Crippen molar-refractivity contribution in [3.63, 3.8) is 0 Å². The summed E-state index contributed by atoms with van der Waals surface area (Å²) in [4.78, 5) is 24.7. The Morgan fingerprint density at radius 2 is 1.93 bits per heavy atom. The minimum absolute atomic E-state index is 0.160. The Bertz CT molecular complexity index is 914. The van der Waals surface area contributed by atoms with Crippen LogP contribution in [0.3, 0.4) is 0 Å². The third kappa shape index (κ3) is 4.58. The number of amides is 1. The quantitative estimate of drug-likeness (QED) is 0.714. The van der Waals surface area contributed by atoms with Crippen LogP contribution in [0.15, 0.2) is 36.4 Å². The zero-order chi connectivity index (χ0) is 21.3. The molecular weight excluding hydrogens is 378 g/mol. The van der Waals surface area contributed by atoms with Gasteiger partial charge < -0.3 is 10.1 Å². The number of hydrogen-bond donors (Lipinski definition) is 1. The van der Waals surface area contributed by atoms with Gasteiger partial charge in [0.15, 0.2) is 6.61 Å². The molecule has 2 aliphatic carbocycles. The number of carbonyl (C=O) groups excluding carboxylic acids is 2. The van der Waals surface area contributed by atoms with E-state index in [9.17, 15) is 9.59 Å². The van der Waals surface area contributed by atoms with Crippen molar-refractivity contribution in [2.45, 2.75) is 58.3 Å². The second-order valence-electron chi connectivity index (χ2n) is 9.76. The van der Waals surface area contributed by atoms with Gasteiger partial charge in [-0.25, -0.2) is 4.68 Å². The molecule has 1 aromatic heterocycles. The average Bonchev–Trinajstić information content (AvgIpc) is 3.42. The molecule has 0 unspecified atom stereocenters. The van der Waals surface area contributed by atoms with E-state index in [1.807, 2.05) is 36.4 Å². The smallest absolute Gasteiger partial charge is 0.306 e. The number of anilines is 1. The lowest BCUT2D eigenvalue weighted by Crippen LogP contribution is -2.24. The van der Waals surface area contributed by atoms with Crippen molar-refractivity contribution in [2.24, 2.45) is 17.8 Å². The molecule has 0 saturated heterocycles. The Morgan fingerprint density at radius 3 is 2.57 bits per heavy atom. The summed E-state index contributed by atoms with van der Waals surface area (Å²) in [5, 5.41) is 7.55. The molecule has 1 N–H and O–H groups in total. The van der Waals surface area contributed by atoms with Crippen LogP contribution in [0.4, 0.5) is 5.82 Å². The number of hydrogen-bond acceptors (Lipinski definition) is 4. The lowest BCUT2D eigenvalue weighted by molar-refractivity contribution is -0.148. The van der Waals surface area contributed by atoms with Crippen molar-refractivity contribution in [3.8, 4) is 5.69 Å². The first-order valence-electron chi connectivity index (χ1n) is 10.9. The lowest BCUT2D eigenvalue weighted by atomic mass is 9.86. The minimum Gasteiger partial charge on any atom is -0.456 e. The molecule has 0 aliphatic heterocycles. The second-order valence-corrected chi connectivity index (χ2v) is 9.76. The van der Waals surface area contributed by atoms with Crippen LogP contribution in [-0.4, -0.2) is 28.3 Å². The van der Waals surface area contributed by atoms with Gasteiger partial charge in [0.2, 0.25) is 0 Å². The highest BCUT2D eigenvalue weighted by Crippen LogP contribution is 2.49. The number of esters is 1. The standard InChI is InChI=1S/C24H31N3O3/c1-24(2,3)20-14-21(27(26-20)19-7-5-4-6-8-19)25-22(28)15-30-23(29)13-18-12-16-9-10-17(18)11-16/h4-8,14,16-18H,9-13,15H2,1-3H3,(H,25,28)/t16-,17-,18+/m1/s1. The lowest BCUT2D eigenvalue weighted by Gasteiger charge is -2.20. The van der Waals surface area contributed by atoms with E-state index in [-0.39, 0.29) is 23.9 Å². The van der Waals surface area contributed by atoms with Gasteiger partial charge in [0.25, 0.3) is 5.91 Å². The van der Waals surface area contributed by atoms with E-state index < -0.39 is 0 Å². The summed E-state index contributed by atoms with van der Waals surface area (Å²) >= 11 is 0. The molecule has 2 fully saturated rings. The summed E-state index contributed by atoms with van der Waals surface area (Å²) < 4.78 is 7.00. The van der Waals surface area contributed by atoms with Gasteiger partial charge >= 0.3 is 5.97 Å². The number of benzene rings is 1. The maximum atomic E-state index is 12.5. The van der Waals surface area contributed by atoms with E-state index in [2.05, 4.69) is 31.2 Å². The van der Waals surface area contributed by atoms with E-state index in [0.29, 0.717) is 24.1 Å². The van der Waals surface area contributed by atoms with Crippen LogP contribution in [0, 0.1) is 17.8 Å². The molecule has 1 amide bonds. The van der Waals surface area contributed by atoms with Crippen molar-refractivity contribution in [1.82, 2.24) is 9.78 Å². The summed E-state index contributed by atoms with van der Waals surface area (Å²) in [5.41, 5.74) is 1.57. The fraction of sp³-hybridized carbons (Fsp3) is 0.542. The highest BCUT2D eigenvalue weighted by Gasteiger charge is 2.40. The molecule has 0 radical (unpaired) electrons. The number of ether oxygens (including phenoxy) is 1. The van der Waals surface area contributed by atoms with Crippen molar-refractivity contribution in [3.05, 3.63) is 42.1 Å². The Balaban J connectivity index is 1.37. The molecule has 2 bridgehead atoms. The zero-order valence-corrected chi connectivity index (χ0v) is 18.1. The molecule has 160 valence electrons. The number of carbonyl (C=O) groups is 2. The monoisotopic (exact) mass is 409 g/mol. The van der Waals surface area contributed by atoms with E-state index >= 15 is 0 Å². The zero-order valence-electron chi connectivity index (χ0n) is 18.1. The Labute approximate surface area is 178 Å². The largest absolute Gasteiger partial charge is 0.456 e. The Hall–Kier alpha value is -2.63. The molecule has 6 nitrogen and oxygen atoms in total.